The molecule has 1 aromatic rings. The number of rotatable bonds is 3. The van der Waals surface area contributed by atoms with Gasteiger partial charge in [0.1, 0.15) is 0 Å². The van der Waals surface area contributed by atoms with Gasteiger partial charge in [-0.25, -0.2) is 0 Å². The van der Waals surface area contributed by atoms with Crippen LogP contribution in [0.3, 0.4) is 0 Å². The molecule has 1 rings (SSSR count). The Morgan fingerprint density at radius 2 is 1.69 bits per heavy atom. The van der Waals surface area contributed by atoms with E-state index in [9.17, 15) is 0 Å². The molecule has 0 aliphatic rings. The van der Waals surface area contributed by atoms with E-state index in [-0.39, 0.29) is 5.54 Å². The highest BCUT2D eigenvalue weighted by atomic mass is 15.0. The van der Waals surface area contributed by atoms with Crippen LogP contribution in [0.15, 0.2) is 12.1 Å². The number of nitrogens with two attached hydrogens (primary N) is 1. The van der Waals surface area contributed by atoms with E-state index in [0.717, 1.165) is 13.0 Å². The largest absolute Gasteiger partial charge is 0.349 e. The third-order valence-electron chi connectivity index (χ3n) is 2.40. The topological polar surface area (TPSA) is 30.9 Å². The Kier molecular flexibility index (Phi) is 2.81. The van der Waals surface area contributed by atoms with Crippen molar-refractivity contribution in [2.45, 2.75) is 46.2 Å². The zero-order chi connectivity index (χ0) is 10.1. The average Bonchev–Trinajstić information content (AvgIpc) is 2.27. The second-order valence-corrected chi connectivity index (χ2v) is 4.51. The van der Waals surface area contributed by atoms with E-state index in [4.69, 9.17) is 5.73 Å². The van der Waals surface area contributed by atoms with Gasteiger partial charge in [-0.15, -0.1) is 0 Å². The van der Waals surface area contributed by atoms with Gasteiger partial charge in [-0.3, -0.25) is 0 Å². The molecule has 2 N–H and O–H groups in total. The molecule has 0 atom stereocenters. The van der Waals surface area contributed by atoms with Gasteiger partial charge in [-0.05, 0) is 46.2 Å². The van der Waals surface area contributed by atoms with Crippen molar-refractivity contribution >= 4 is 0 Å². The molecule has 0 saturated heterocycles. The minimum atomic E-state index is -0.0663. The van der Waals surface area contributed by atoms with Crippen LogP contribution in [0.2, 0.25) is 0 Å². The predicted molar refractivity (Wildman–Crippen MR) is 56.8 cm³/mol. The van der Waals surface area contributed by atoms with Crippen LogP contribution in [0.5, 0.6) is 0 Å². The standard InChI is InChI=1S/C11H20N2/c1-9-5-6-10(2)13(9)8-7-11(3,4)12/h5-6H,7-8,12H2,1-4H3. The summed E-state index contributed by atoms with van der Waals surface area (Å²) in [6.07, 6.45) is 1.02. The molecule has 0 bridgehead atoms. The zero-order valence-electron chi connectivity index (χ0n) is 9.09. The minimum Gasteiger partial charge on any atom is -0.349 e. The summed E-state index contributed by atoms with van der Waals surface area (Å²) in [5, 5.41) is 0. The molecular formula is C11H20N2. The fraction of sp³-hybridized carbons (Fsp3) is 0.636. The first-order valence-corrected chi connectivity index (χ1v) is 4.82. The Hall–Kier alpha value is -0.760. The van der Waals surface area contributed by atoms with Crippen LogP contribution < -0.4 is 5.73 Å². The number of hydrogen-bond acceptors (Lipinski definition) is 1. The molecule has 2 heteroatoms. The lowest BCUT2D eigenvalue weighted by molar-refractivity contribution is 0.431. The highest BCUT2D eigenvalue weighted by Crippen LogP contribution is 2.11. The molecule has 0 amide bonds. The molecule has 0 aliphatic carbocycles. The van der Waals surface area contributed by atoms with Crippen molar-refractivity contribution in [2.75, 3.05) is 0 Å². The third-order valence-corrected chi connectivity index (χ3v) is 2.40. The Balaban J connectivity index is 2.64. The fourth-order valence-corrected chi connectivity index (χ4v) is 1.45. The van der Waals surface area contributed by atoms with Crippen molar-refractivity contribution in [1.82, 2.24) is 4.57 Å². The lowest BCUT2D eigenvalue weighted by Gasteiger charge is -2.20. The molecule has 2 nitrogen and oxygen atoms in total. The summed E-state index contributed by atoms with van der Waals surface area (Å²) in [6.45, 7) is 9.43. The third kappa shape index (κ3) is 2.88. The molecule has 0 aromatic carbocycles. The highest BCUT2D eigenvalue weighted by Gasteiger charge is 2.11. The van der Waals surface area contributed by atoms with Crippen LogP contribution >= 0.6 is 0 Å². The second kappa shape index (κ2) is 3.54. The van der Waals surface area contributed by atoms with Crippen molar-refractivity contribution < 1.29 is 0 Å². The van der Waals surface area contributed by atoms with Gasteiger partial charge in [0.05, 0.1) is 0 Å². The van der Waals surface area contributed by atoms with Crippen molar-refractivity contribution in [3.05, 3.63) is 23.5 Å². The number of aromatic nitrogens is 1. The van der Waals surface area contributed by atoms with Crippen molar-refractivity contribution in [1.29, 1.82) is 0 Å². The van der Waals surface area contributed by atoms with Crippen LogP contribution in [-0.4, -0.2) is 10.1 Å². The quantitative estimate of drug-likeness (QED) is 0.759. The lowest BCUT2D eigenvalue weighted by Crippen LogP contribution is -2.33. The minimum absolute atomic E-state index is 0.0663. The normalized spacial score (nSPS) is 12.1. The van der Waals surface area contributed by atoms with Crippen LogP contribution in [0, 0.1) is 13.8 Å². The first-order valence-electron chi connectivity index (χ1n) is 4.82. The van der Waals surface area contributed by atoms with E-state index in [1.54, 1.807) is 0 Å². The van der Waals surface area contributed by atoms with Crippen molar-refractivity contribution in [3.8, 4) is 0 Å². The number of hydrogen-bond donors (Lipinski definition) is 1. The summed E-state index contributed by atoms with van der Waals surface area (Å²) in [7, 11) is 0. The molecule has 1 heterocycles. The van der Waals surface area contributed by atoms with E-state index in [2.05, 4.69) is 44.4 Å². The number of nitrogens with zero attached hydrogens (tertiary/aromatic N) is 1. The summed E-state index contributed by atoms with van der Waals surface area (Å²) < 4.78 is 2.31. The molecule has 0 aliphatic heterocycles. The molecule has 1 aromatic heterocycles. The number of aryl methyl sites for hydroxylation is 2. The molecule has 0 fully saturated rings. The Morgan fingerprint density at radius 1 is 1.23 bits per heavy atom. The summed E-state index contributed by atoms with van der Waals surface area (Å²) in [5.74, 6) is 0. The molecule has 0 unspecified atom stereocenters. The second-order valence-electron chi connectivity index (χ2n) is 4.51. The monoisotopic (exact) mass is 180 g/mol. The summed E-state index contributed by atoms with van der Waals surface area (Å²) in [4.78, 5) is 0. The maximum absolute atomic E-state index is 5.94. The van der Waals surface area contributed by atoms with E-state index in [0.29, 0.717) is 0 Å². The van der Waals surface area contributed by atoms with Crippen LogP contribution in [0.25, 0.3) is 0 Å². The van der Waals surface area contributed by atoms with E-state index >= 15 is 0 Å². The maximum atomic E-state index is 5.94. The molecular weight excluding hydrogens is 160 g/mol. The maximum Gasteiger partial charge on any atom is 0.0241 e. The van der Waals surface area contributed by atoms with E-state index < -0.39 is 0 Å². The average molecular weight is 180 g/mol. The van der Waals surface area contributed by atoms with E-state index in [1.165, 1.54) is 11.4 Å². The Labute approximate surface area is 80.7 Å². The van der Waals surface area contributed by atoms with Gasteiger partial charge in [0, 0.05) is 23.5 Å². The first-order chi connectivity index (χ1) is 5.90. The van der Waals surface area contributed by atoms with Gasteiger partial charge >= 0.3 is 0 Å². The Bertz CT molecular complexity index is 259. The predicted octanol–water partition coefficient (Wildman–Crippen LogP) is 2.23. The molecule has 0 spiro atoms. The molecule has 0 saturated carbocycles. The lowest BCUT2D eigenvalue weighted by atomic mass is 10.0. The molecule has 13 heavy (non-hydrogen) atoms. The smallest absolute Gasteiger partial charge is 0.0241 e. The first kappa shape index (κ1) is 10.3. The van der Waals surface area contributed by atoms with Gasteiger partial charge in [0.15, 0.2) is 0 Å². The van der Waals surface area contributed by atoms with Gasteiger partial charge in [-0.1, -0.05) is 0 Å². The van der Waals surface area contributed by atoms with Gasteiger partial charge in [0.2, 0.25) is 0 Å². The van der Waals surface area contributed by atoms with Crippen LogP contribution in [0.1, 0.15) is 31.7 Å². The van der Waals surface area contributed by atoms with Crippen LogP contribution in [-0.2, 0) is 6.54 Å². The zero-order valence-corrected chi connectivity index (χ0v) is 9.09. The van der Waals surface area contributed by atoms with E-state index in [1.807, 2.05) is 0 Å². The highest BCUT2D eigenvalue weighted by molar-refractivity contribution is 5.13. The fourth-order valence-electron chi connectivity index (χ4n) is 1.45. The van der Waals surface area contributed by atoms with Gasteiger partial charge in [-0.2, -0.15) is 0 Å². The van der Waals surface area contributed by atoms with Crippen molar-refractivity contribution in [2.24, 2.45) is 5.73 Å². The Morgan fingerprint density at radius 3 is 2.08 bits per heavy atom. The van der Waals surface area contributed by atoms with Crippen LogP contribution in [0.4, 0.5) is 0 Å². The molecule has 74 valence electrons. The summed E-state index contributed by atoms with van der Waals surface area (Å²) >= 11 is 0. The summed E-state index contributed by atoms with van der Waals surface area (Å²) in [6, 6.07) is 4.30. The van der Waals surface area contributed by atoms with Gasteiger partial charge in [0.25, 0.3) is 0 Å². The molecule has 0 radical (unpaired) electrons. The van der Waals surface area contributed by atoms with Crippen molar-refractivity contribution in [3.63, 3.8) is 0 Å². The van der Waals surface area contributed by atoms with Gasteiger partial charge < -0.3 is 10.3 Å². The summed E-state index contributed by atoms with van der Waals surface area (Å²) in [5.41, 5.74) is 8.51. The SMILES string of the molecule is Cc1ccc(C)n1CCC(C)(C)N.